The summed E-state index contributed by atoms with van der Waals surface area (Å²) in [5.74, 6) is 0. The molecule has 0 bridgehead atoms. The number of rotatable bonds is 6. The summed E-state index contributed by atoms with van der Waals surface area (Å²) in [5, 5.41) is 17.2. The minimum absolute atomic E-state index is 0.168. The molecular weight excluding hydrogens is 212 g/mol. The molecule has 0 aliphatic heterocycles. The maximum Gasteiger partial charge on any atom is 0.505 e. The Balaban J connectivity index is 2.31. The standard InChI is InChI=1S/C11H14O5/c12-6-10(8-16-11(13)14)15-7-9-4-2-1-3-5-9/h1-5,10,12H,6-8H2,(H,13,14). The molecule has 1 aromatic rings. The van der Waals surface area contributed by atoms with Crippen molar-refractivity contribution < 1.29 is 24.5 Å². The highest BCUT2D eigenvalue weighted by Crippen LogP contribution is 2.03. The number of aliphatic hydroxyl groups excluding tert-OH is 1. The van der Waals surface area contributed by atoms with Gasteiger partial charge in [-0.25, -0.2) is 4.79 Å². The van der Waals surface area contributed by atoms with Gasteiger partial charge in [-0.05, 0) is 5.56 Å². The number of carbonyl (C=O) groups is 1. The maximum atomic E-state index is 10.1. The van der Waals surface area contributed by atoms with Crippen LogP contribution in [-0.4, -0.2) is 35.7 Å². The molecule has 0 fully saturated rings. The molecule has 0 spiro atoms. The predicted molar refractivity (Wildman–Crippen MR) is 56.1 cm³/mol. The molecule has 16 heavy (non-hydrogen) atoms. The fourth-order valence-corrected chi connectivity index (χ4v) is 1.11. The number of hydrogen-bond donors (Lipinski definition) is 2. The Labute approximate surface area is 93.2 Å². The van der Waals surface area contributed by atoms with Gasteiger partial charge in [-0.1, -0.05) is 30.3 Å². The first kappa shape index (κ1) is 12.5. The average Bonchev–Trinajstić information content (AvgIpc) is 2.30. The van der Waals surface area contributed by atoms with Crippen LogP contribution in [0.1, 0.15) is 5.56 Å². The highest BCUT2D eigenvalue weighted by molar-refractivity contribution is 5.56. The molecule has 0 amide bonds. The van der Waals surface area contributed by atoms with Crippen LogP contribution >= 0.6 is 0 Å². The Hall–Kier alpha value is -1.59. The van der Waals surface area contributed by atoms with Crippen LogP contribution in [0.25, 0.3) is 0 Å². The third kappa shape index (κ3) is 4.77. The van der Waals surface area contributed by atoms with Crippen LogP contribution in [0.4, 0.5) is 4.79 Å². The molecule has 0 aliphatic rings. The van der Waals surface area contributed by atoms with E-state index >= 15 is 0 Å². The van der Waals surface area contributed by atoms with Crippen LogP contribution in [0, 0.1) is 0 Å². The summed E-state index contributed by atoms with van der Waals surface area (Å²) < 4.78 is 9.60. The largest absolute Gasteiger partial charge is 0.505 e. The smallest absolute Gasteiger partial charge is 0.450 e. The van der Waals surface area contributed by atoms with Crippen molar-refractivity contribution >= 4 is 6.16 Å². The van der Waals surface area contributed by atoms with E-state index in [1.165, 1.54) is 0 Å². The SMILES string of the molecule is O=C(O)OCC(CO)OCc1ccccc1. The molecule has 2 N–H and O–H groups in total. The van der Waals surface area contributed by atoms with Crippen molar-refractivity contribution in [2.24, 2.45) is 0 Å². The highest BCUT2D eigenvalue weighted by atomic mass is 16.7. The lowest BCUT2D eigenvalue weighted by atomic mass is 10.2. The summed E-state index contributed by atoms with van der Waals surface area (Å²) in [6.45, 7) is -0.131. The van der Waals surface area contributed by atoms with E-state index in [4.69, 9.17) is 14.9 Å². The van der Waals surface area contributed by atoms with Crippen LogP contribution in [0.15, 0.2) is 30.3 Å². The summed E-state index contributed by atoms with van der Waals surface area (Å²) in [7, 11) is 0. The number of carboxylic acid groups (broad SMARTS) is 1. The first-order valence-electron chi connectivity index (χ1n) is 4.84. The van der Waals surface area contributed by atoms with Crippen LogP contribution < -0.4 is 0 Å². The third-order valence-corrected chi connectivity index (χ3v) is 1.92. The van der Waals surface area contributed by atoms with E-state index in [1.54, 1.807) is 0 Å². The van der Waals surface area contributed by atoms with E-state index in [2.05, 4.69) is 4.74 Å². The van der Waals surface area contributed by atoms with Crippen molar-refractivity contribution in [2.75, 3.05) is 13.2 Å². The molecule has 5 heteroatoms. The van der Waals surface area contributed by atoms with Crippen molar-refractivity contribution in [3.05, 3.63) is 35.9 Å². The quantitative estimate of drug-likeness (QED) is 0.714. The van der Waals surface area contributed by atoms with Crippen molar-refractivity contribution in [1.29, 1.82) is 0 Å². The molecule has 0 saturated heterocycles. The monoisotopic (exact) mass is 226 g/mol. The highest BCUT2D eigenvalue weighted by Gasteiger charge is 2.10. The van der Waals surface area contributed by atoms with Gasteiger partial charge in [0.2, 0.25) is 0 Å². The zero-order chi connectivity index (χ0) is 11.8. The molecule has 0 heterocycles. The van der Waals surface area contributed by atoms with Gasteiger partial charge in [-0.15, -0.1) is 0 Å². The minimum Gasteiger partial charge on any atom is -0.450 e. The second kappa shape index (κ2) is 6.81. The second-order valence-corrected chi connectivity index (χ2v) is 3.18. The number of hydrogen-bond acceptors (Lipinski definition) is 4. The Morgan fingerprint density at radius 1 is 1.31 bits per heavy atom. The molecule has 1 rings (SSSR count). The van der Waals surface area contributed by atoms with Gasteiger partial charge in [0.1, 0.15) is 12.7 Å². The molecule has 0 radical (unpaired) electrons. The summed E-state index contributed by atoms with van der Waals surface area (Å²) in [6, 6.07) is 9.40. The summed E-state index contributed by atoms with van der Waals surface area (Å²) in [4.78, 5) is 10.1. The van der Waals surface area contributed by atoms with E-state index in [9.17, 15) is 4.79 Å². The van der Waals surface area contributed by atoms with Gasteiger partial charge in [-0.3, -0.25) is 0 Å². The number of aliphatic hydroxyl groups is 1. The molecule has 0 aliphatic carbocycles. The predicted octanol–water partition coefficient (Wildman–Crippen LogP) is 1.26. The van der Waals surface area contributed by atoms with E-state index in [0.29, 0.717) is 6.61 Å². The second-order valence-electron chi connectivity index (χ2n) is 3.18. The van der Waals surface area contributed by atoms with Gasteiger partial charge in [0.15, 0.2) is 0 Å². The van der Waals surface area contributed by atoms with Gasteiger partial charge in [0, 0.05) is 0 Å². The van der Waals surface area contributed by atoms with E-state index in [1.807, 2.05) is 30.3 Å². The van der Waals surface area contributed by atoms with Gasteiger partial charge in [-0.2, -0.15) is 0 Å². The van der Waals surface area contributed by atoms with Crippen molar-refractivity contribution in [3.63, 3.8) is 0 Å². The molecule has 0 saturated carbocycles. The maximum absolute atomic E-state index is 10.1. The van der Waals surface area contributed by atoms with Gasteiger partial charge < -0.3 is 19.7 Å². The lowest BCUT2D eigenvalue weighted by Gasteiger charge is -2.14. The first-order valence-corrected chi connectivity index (χ1v) is 4.84. The molecule has 1 aromatic carbocycles. The Bertz CT molecular complexity index is 311. The molecule has 88 valence electrons. The Morgan fingerprint density at radius 2 is 2.00 bits per heavy atom. The lowest BCUT2D eigenvalue weighted by Crippen LogP contribution is -2.25. The number of ether oxygens (including phenoxy) is 2. The molecule has 5 nitrogen and oxygen atoms in total. The summed E-state index contributed by atoms with van der Waals surface area (Å²) in [5.41, 5.74) is 0.955. The fraction of sp³-hybridized carbons (Fsp3) is 0.364. The average molecular weight is 226 g/mol. The molecule has 1 atom stereocenters. The summed E-state index contributed by atoms with van der Waals surface area (Å²) >= 11 is 0. The van der Waals surface area contributed by atoms with Crippen LogP contribution in [-0.2, 0) is 16.1 Å². The van der Waals surface area contributed by atoms with Crippen LogP contribution in [0.2, 0.25) is 0 Å². The van der Waals surface area contributed by atoms with E-state index in [0.717, 1.165) is 5.56 Å². The lowest BCUT2D eigenvalue weighted by molar-refractivity contribution is -0.0402. The van der Waals surface area contributed by atoms with Gasteiger partial charge in [0.25, 0.3) is 0 Å². The Kier molecular flexibility index (Phi) is 5.31. The van der Waals surface area contributed by atoms with Crippen LogP contribution in [0.5, 0.6) is 0 Å². The van der Waals surface area contributed by atoms with Gasteiger partial charge >= 0.3 is 6.16 Å². The third-order valence-electron chi connectivity index (χ3n) is 1.92. The minimum atomic E-state index is -1.37. The summed E-state index contributed by atoms with van der Waals surface area (Å²) in [6.07, 6.45) is -2.00. The number of benzene rings is 1. The first-order chi connectivity index (χ1) is 7.72. The topological polar surface area (TPSA) is 76.0 Å². The van der Waals surface area contributed by atoms with Crippen LogP contribution in [0.3, 0.4) is 0 Å². The fourth-order valence-electron chi connectivity index (χ4n) is 1.11. The molecule has 0 aromatic heterocycles. The molecular formula is C11H14O5. The van der Waals surface area contributed by atoms with Crippen molar-refractivity contribution in [2.45, 2.75) is 12.7 Å². The van der Waals surface area contributed by atoms with E-state index < -0.39 is 12.3 Å². The zero-order valence-corrected chi connectivity index (χ0v) is 8.70. The molecule has 1 unspecified atom stereocenters. The zero-order valence-electron chi connectivity index (χ0n) is 8.70. The van der Waals surface area contributed by atoms with Gasteiger partial charge in [0.05, 0.1) is 13.2 Å². The van der Waals surface area contributed by atoms with E-state index in [-0.39, 0.29) is 13.2 Å². The van der Waals surface area contributed by atoms with Crippen molar-refractivity contribution in [3.8, 4) is 0 Å². The Morgan fingerprint density at radius 3 is 2.56 bits per heavy atom. The normalized spacial score (nSPS) is 12.1. The van der Waals surface area contributed by atoms with Crippen molar-refractivity contribution in [1.82, 2.24) is 0 Å².